The first-order chi connectivity index (χ1) is 8.58. The fraction of sp³-hybridized carbons (Fsp3) is 0.182. The normalized spacial score (nSPS) is 11.6. The number of hydrogen-bond donors (Lipinski definition) is 2. The molecule has 2 aromatic heterocycles. The molecule has 3 N–H and O–H groups in total. The van der Waals surface area contributed by atoms with Crippen LogP contribution in [0.25, 0.3) is 0 Å². The highest BCUT2D eigenvalue weighted by atomic mass is 32.2. The zero-order chi connectivity index (χ0) is 13.0. The Labute approximate surface area is 110 Å². The highest BCUT2D eigenvalue weighted by Gasteiger charge is 2.15. The molecule has 0 aliphatic rings. The number of rotatable bonds is 5. The number of nitrogens with zero attached hydrogens (tertiary/aromatic N) is 1. The van der Waals surface area contributed by atoms with Gasteiger partial charge in [0.2, 0.25) is 10.0 Å². The van der Waals surface area contributed by atoms with Crippen molar-refractivity contribution >= 4 is 27.0 Å². The van der Waals surface area contributed by atoms with Gasteiger partial charge in [0.25, 0.3) is 0 Å². The van der Waals surface area contributed by atoms with Crippen LogP contribution in [-0.4, -0.2) is 19.9 Å². The number of hydrogen-bond acceptors (Lipinski definition) is 5. The molecule has 96 valence electrons. The van der Waals surface area contributed by atoms with Crippen LogP contribution in [0.5, 0.6) is 0 Å². The standard InChI is InChI=1S/C11H13N3O2S2/c12-10-6-11(17-8-10)18(15,16)14-5-3-9-2-1-4-13-7-9/h1-2,4,6-8,14H,3,5,12H2. The number of sulfonamides is 1. The third-order valence-corrected chi connectivity index (χ3v) is 5.21. The van der Waals surface area contributed by atoms with E-state index in [0.29, 0.717) is 18.7 Å². The number of nitrogens with one attached hydrogen (secondary N) is 1. The average molecular weight is 283 g/mol. The second-order valence-corrected chi connectivity index (χ2v) is 6.61. The number of nitrogen functional groups attached to an aromatic ring is 1. The molecule has 0 fully saturated rings. The lowest BCUT2D eigenvalue weighted by Crippen LogP contribution is -2.25. The summed E-state index contributed by atoms with van der Waals surface area (Å²) in [5.74, 6) is 0. The number of anilines is 1. The summed E-state index contributed by atoms with van der Waals surface area (Å²) >= 11 is 1.11. The van der Waals surface area contributed by atoms with E-state index in [9.17, 15) is 8.42 Å². The van der Waals surface area contributed by atoms with Crippen LogP contribution in [0.4, 0.5) is 5.69 Å². The maximum atomic E-state index is 11.9. The lowest BCUT2D eigenvalue weighted by atomic mass is 10.2. The van der Waals surface area contributed by atoms with Crippen molar-refractivity contribution in [2.45, 2.75) is 10.6 Å². The summed E-state index contributed by atoms with van der Waals surface area (Å²) in [5.41, 5.74) is 6.96. The zero-order valence-electron chi connectivity index (χ0n) is 9.54. The number of aromatic nitrogens is 1. The summed E-state index contributed by atoms with van der Waals surface area (Å²) in [4.78, 5) is 3.97. The van der Waals surface area contributed by atoms with Gasteiger partial charge in [-0.25, -0.2) is 13.1 Å². The zero-order valence-corrected chi connectivity index (χ0v) is 11.2. The first kappa shape index (κ1) is 13.0. The van der Waals surface area contributed by atoms with Gasteiger partial charge >= 0.3 is 0 Å². The molecule has 0 saturated carbocycles. The molecule has 2 aromatic rings. The Balaban J connectivity index is 1.94. The van der Waals surface area contributed by atoms with Crippen LogP contribution in [0.3, 0.4) is 0 Å². The molecule has 2 rings (SSSR count). The summed E-state index contributed by atoms with van der Waals surface area (Å²) < 4.78 is 26.5. The molecule has 18 heavy (non-hydrogen) atoms. The Kier molecular flexibility index (Phi) is 3.95. The SMILES string of the molecule is Nc1csc(S(=O)(=O)NCCc2cccnc2)c1. The quantitative estimate of drug-likeness (QED) is 0.864. The van der Waals surface area contributed by atoms with E-state index in [4.69, 9.17) is 5.73 Å². The minimum absolute atomic E-state index is 0.242. The maximum absolute atomic E-state index is 11.9. The van der Waals surface area contributed by atoms with Crippen molar-refractivity contribution in [1.29, 1.82) is 0 Å². The van der Waals surface area contributed by atoms with Crippen LogP contribution in [0, 0.1) is 0 Å². The highest BCUT2D eigenvalue weighted by molar-refractivity contribution is 7.91. The Morgan fingerprint density at radius 2 is 2.28 bits per heavy atom. The van der Waals surface area contributed by atoms with Crippen molar-refractivity contribution in [3.63, 3.8) is 0 Å². The van der Waals surface area contributed by atoms with Gasteiger partial charge in [-0.1, -0.05) is 6.07 Å². The van der Waals surface area contributed by atoms with Crippen LogP contribution < -0.4 is 10.5 Å². The predicted octanol–water partition coefficient (Wildman–Crippen LogP) is 1.25. The van der Waals surface area contributed by atoms with E-state index < -0.39 is 10.0 Å². The predicted molar refractivity (Wildman–Crippen MR) is 71.9 cm³/mol. The van der Waals surface area contributed by atoms with Gasteiger partial charge in [0.15, 0.2) is 0 Å². The van der Waals surface area contributed by atoms with Crippen molar-refractivity contribution in [3.05, 3.63) is 41.5 Å². The summed E-state index contributed by atoms with van der Waals surface area (Å²) in [6.07, 6.45) is 4.01. The fourth-order valence-electron chi connectivity index (χ4n) is 1.42. The van der Waals surface area contributed by atoms with E-state index >= 15 is 0 Å². The Morgan fingerprint density at radius 3 is 2.89 bits per heavy atom. The highest BCUT2D eigenvalue weighted by Crippen LogP contribution is 2.21. The van der Waals surface area contributed by atoms with Gasteiger partial charge in [-0.3, -0.25) is 4.98 Å². The molecule has 0 aliphatic heterocycles. The van der Waals surface area contributed by atoms with E-state index in [0.717, 1.165) is 16.9 Å². The molecule has 0 amide bonds. The van der Waals surface area contributed by atoms with Gasteiger partial charge < -0.3 is 5.73 Å². The van der Waals surface area contributed by atoms with Crippen molar-refractivity contribution in [3.8, 4) is 0 Å². The van der Waals surface area contributed by atoms with Crippen molar-refractivity contribution in [2.75, 3.05) is 12.3 Å². The van der Waals surface area contributed by atoms with E-state index in [-0.39, 0.29) is 4.21 Å². The van der Waals surface area contributed by atoms with Crippen LogP contribution >= 0.6 is 11.3 Å². The second kappa shape index (κ2) is 5.47. The van der Waals surface area contributed by atoms with E-state index in [1.165, 1.54) is 6.07 Å². The summed E-state index contributed by atoms with van der Waals surface area (Å²) in [5, 5.41) is 1.61. The molecule has 5 nitrogen and oxygen atoms in total. The minimum Gasteiger partial charge on any atom is -0.398 e. The first-order valence-electron chi connectivity index (χ1n) is 5.30. The van der Waals surface area contributed by atoms with Crippen LogP contribution in [0.15, 0.2) is 40.2 Å². The van der Waals surface area contributed by atoms with Crippen molar-refractivity contribution < 1.29 is 8.42 Å². The smallest absolute Gasteiger partial charge is 0.250 e. The van der Waals surface area contributed by atoms with Crippen LogP contribution in [0.1, 0.15) is 5.56 Å². The lowest BCUT2D eigenvalue weighted by molar-refractivity contribution is 0.584. The molecule has 7 heteroatoms. The molecular weight excluding hydrogens is 270 g/mol. The average Bonchev–Trinajstić information content (AvgIpc) is 2.78. The molecule has 0 unspecified atom stereocenters. The third-order valence-electron chi connectivity index (χ3n) is 2.29. The van der Waals surface area contributed by atoms with Crippen molar-refractivity contribution in [2.24, 2.45) is 0 Å². The van der Waals surface area contributed by atoms with Gasteiger partial charge in [0, 0.05) is 30.0 Å². The van der Waals surface area contributed by atoms with E-state index in [1.807, 2.05) is 12.1 Å². The van der Waals surface area contributed by atoms with Crippen LogP contribution in [0.2, 0.25) is 0 Å². The second-order valence-electron chi connectivity index (χ2n) is 3.71. The molecule has 0 atom stereocenters. The Bertz CT molecular complexity index is 608. The van der Waals surface area contributed by atoms with Gasteiger partial charge in [-0.05, 0) is 24.1 Å². The summed E-state index contributed by atoms with van der Waals surface area (Å²) in [6, 6.07) is 5.19. The fourth-order valence-corrected chi connectivity index (χ4v) is 3.57. The van der Waals surface area contributed by atoms with Gasteiger partial charge in [-0.15, -0.1) is 11.3 Å². The Morgan fingerprint density at radius 1 is 1.44 bits per heavy atom. The molecule has 0 spiro atoms. The molecule has 0 bridgehead atoms. The maximum Gasteiger partial charge on any atom is 0.250 e. The summed E-state index contributed by atoms with van der Waals surface area (Å²) in [6.45, 7) is 0.339. The molecular formula is C11H13N3O2S2. The lowest BCUT2D eigenvalue weighted by Gasteiger charge is -2.04. The molecule has 2 heterocycles. The van der Waals surface area contributed by atoms with Crippen molar-refractivity contribution in [1.82, 2.24) is 9.71 Å². The van der Waals surface area contributed by atoms with Gasteiger partial charge in [0.1, 0.15) is 4.21 Å². The van der Waals surface area contributed by atoms with E-state index in [2.05, 4.69) is 9.71 Å². The number of pyridine rings is 1. The molecule has 0 radical (unpaired) electrons. The van der Waals surface area contributed by atoms with E-state index in [1.54, 1.807) is 17.8 Å². The molecule has 0 aliphatic carbocycles. The largest absolute Gasteiger partial charge is 0.398 e. The topological polar surface area (TPSA) is 85.1 Å². The molecule has 0 aromatic carbocycles. The number of thiophene rings is 1. The third kappa shape index (κ3) is 3.28. The Hall–Kier alpha value is -1.44. The minimum atomic E-state index is -3.44. The van der Waals surface area contributed by atoms with Gasteiger partial charge in [0.05, 0.1) is 0 Å². The number of nitrogens with two attached hydrogens (primary N) is 1. The van der Waals surface area contributed by atoms with Crippen LogP contribution in [-0.2, 0) is 16.4 Å². The monoisotopic (exact) mass is 283 g/mol. The first-order valence-corrected chi connectivity index (χ1v) is 7.67. The molecule has 0 saturated heterocycles. The summed E-state index contributed by atoms with van der Waals surface area (Å²) in [7, 11) is -3.44. The van der Waals surface area contributed by atoms with Gasteiger partial charge in [-0.2, -0.15) is 0 Å².